The minimum atomic E-state index is -0.294. The van der Waals surface area contributed by atoms with E-state index in [1.807, 2.05) is 6.07 Å². The minimum Gasteiger partial charge on any atom is -0.369 e. The molecular formula is C10H9BrFNO. The molecule has 1 aliphatic carbocycles. The van der Waals surface area contributed by atoms with E-state index in [4.69, 9.17) is 5.73 Å². The lowest BCUT2D eigenvalue weighted by Gasteiger charge is -2.00. The second-order valence-corrected chi connectivity index (χ2v) is 4.38. The van der Waals surface area contributed by atoms with E-state index in [2.05, 4.69) is 15.9 Å². The van der Waals surface area contributed by atoms with Crippen LogP contribution in [0.1, 0.15) is 17.9 Å². The molecule has 1 aliphatic rings. The van der Waals surface area contributed by atoms with Gasteiger partial charge >= 0.3 is 0 Å². The van der Waals surface area contributed by atoms with Gasteiger partial charge in [0.2, 0.25) is 5.91 Å². The highest BCUT2D eigenvalue weighted by atomic mass is 79.9. The molecule has 1 aromatic carbocycles. The van der Waals surface area contributed by atoms with Crippen molar-refractivity contribution in [2.75, 3.05) is 0 Å². The molecule has 0 bridgehead atoms. The zero-order valence-electron chi connectivity index (χ0n) is 7.34. The fraction of sp³-hybridized carbons (Fsp3) is 0.300. The number of hydrogen-bond donors (Lipinski definition) is 1. The van der Waals surface area contributed by atoms with Crippen LogP contribution in [0.5, 0.6) is 0 Å². The van der Waals surface area contributed by atoms with Gasteiger partial charge in [0.1, 0.15) is 5.82 Å². The zero-order chi connectivity index (χ0) is 10.3. The summed E-state index contributed by atoms with van der Waals surface area (Å²) in [5.41, 5.74) is 6.01. The molecule has 2 nitrogen and oxygen atoms in total. The molecule has 4 heteroatoms. The van der Waals surface area contributed by atoms with Gasteiger partial charge in [-0.2, -0.15) is 0 Å². The monoisotopic (exact) mass is 257 g/mol. The minimum absolute atomic E-state index is 0.101. The van der Waals surface area contributed by atoms with E-state index in [-0.39, 0.29) is 23.6 Å². The van der Waals surface area contributed by atoms with E-state index in [1.165, 1.54) is 6.07 Å². The molecule has 74 valence electrons. The highest BCUT2D eigenvalue weighted by Crippen LogP contribution is 2.47. The summed E-state index contributed by atoms with van der Waals surface area (Å²) >= 11 is 3.08. The molecule has 2 rings (SSSR count). The van der Waals surface area contributed by atoms with Gasteiger partial charge in [-0.15, -0.1) is 0 Å². The zero-order valence-corrected chi connectivity index (χ0v) is 8.92. The van der Waals surface area contributed by atoms with Crippen molar-refractivity contribution in [2.45, 2.75) is 12.3 Å². The van der Waals surface area contributed by atoms with Gasteiger partial charge in [0.05, 0.1) is 4.47 Å². The van der Waals surface area contributed by atoms with Crippen LogP contribution in [0.4, 0.5) is 4.39 Å². The molecule has 1 amide bonds. The van der Waals surface area contributed by atoms with Gasteiger partial charge in [0.25, 0.3) is 0 Å². The van der Waals surface area contributed by atoms with E-state index in [9.17, 15) is 9.18 Å². The van der Waals surface area contributed by atoms with E-state index in [0.717, 1.165) is 12.0 Å². The maximum absolute atomic E-state index is 13.1. The summed E-state index contributed by atoms with van der Waals surface area (Å²) < 4.78 is 13.6. The molecule has 0 aromatic heterocycles. The Bertz CT molecular complexity index is 394. The molecular weight excluding hydrogens is 249 g/mol. The topological polar surface area (TPSA) is 43.1 Å². The van der Waals surface area contributed by atoms with Crippen LogP contribution in [0, 0.1) is 11.7 Å². The number of nitrogens with two attached hydrogens (primary N) is 1. The maximum atomic E-state index is 13.1. The number of benzene rings is 1. The predicted molar refractivity (Wildman–Crippen MR) is 54.1 cm³/mol. The Morgan fingerprint density at radius 1 is 1.57 bits per heavy atom. The van der Waals surface area contributed by atoms with Crippen LogP contribution in [0.15, 0.2) is 22.7 Å². The molecule has 0 aliphatic heterocycles. The van der Waals surface area contributed by atoms with Gasteiger partial charge in [-0.3, -0.25) is 4.79 Å². The fourth-order valence-electron chi connectivity index (χ4n) is 1.62. The summed E-state index contributed by atoms with van der Waals surface area (Å²) in [4.78, 5) is 10.8. The van der Waals surface area contributed by atoms with Crippen molar-refractivity contribution < 1.29 is 9.18 Å². The summed E-state index contributed by atoms with van der Waals surface area (Å²) in [5, 5.41) is 0. The van der Waals surface area contributed by atoms with Crippen LogP contribution >= 0.6 is 15.9 Å². The van der Waals surface area contributed by atoms with Crippen molar-refractivity contribution in [1.29, 1.82) is 0 Å². The van der Waals surface area contributed by atoms with Crippen LogP contribution in [0.3, 0.4) is 0 Å². The average Bonchev–Trinajstić information content (AvgIpc) is 2.89. The molecule has 2 atom stereocenters. The summed E-state index contributed by atoms with van der Waals surface area (Å²) in [5.74, 6) is -0.568. The predicted octanol–water partition coefficient (Wildman–Crippen LogP) is 2.18. The van der Waals surface area contributed by atoms with Gasteiger partial charge in [-0.1, -0.05) is 6.07 Å². The van der Waals surface area contributed by atoms with Crippen molar-refractivity contribution in [3.63, 3.8) is 0 Å². The SMILES string of the molecule is NC(=O)[C@H]1C[C@@H]1c1ccc(Br)c(F)c1. The lowest BCUT2D eigenvalue weighted by Crippen LogP contribution is -2.13. The molecule has 0 spiro atoms. The van der Waals surface area contributed by atoms with Crippen LogP contribution in [0.25, 0.3) is 0 Å². The van der Waals surface area contributed by atoms with Gasteiger partial charge in [-0.05, 0) is 46.0 Å². The van der Waals surface area contributed by atoms with Crippen molar-refractivity contribution in [1.82, 2.24) is 0 Å². The second kappa shape index (κ2) is 3.35. The van der Waals surface area contributed by atoms with Crippen LogP contribution in [-0.4, -0.2) is 5.91 Å². The third kappa shape index (κ3) is 1.66. The lowest BCUT2D eigenvalue weighted by molar-refractivity contribution is -0.119. The first-order valence-corrected chi connectivity index (χ1v) is 5.13. The van der Waals surface area contributed by atoms with Gasteiger partial charge < -0.3 is 5.73 Å². The number of primary amides is 1. The summed E-state index contributed by atoms with van der Waals surface area (Å²) in [6, 6.07) is 4.93. The fourth-order valence-corrected chi connectivity index (χ4v) is 1.87. The number of amides is 1. The molecule has 0 heterocycles. The standard InChI is InChI=1S/C10H9BrFNO/c11-8-2-1-5(3-9(8)12)6-4-7(6)10(13)14/h1-3,6-7H,4H2,(H2,13,14)/t6-,7+/m1/s1. The van der Waals surface area contributed by atoms with Gasteiger partial charge in [-0.25, -0.2) is 4.39 Å². The van der Waals surface area contributed by atoms with Crippen molar-refractivity contribution in [2.24, 2.45) is 11.7 Å². The molecule has 1 aromatic rings. The Morgan fingerprint density at radius 3 is 2.79 bits per heavy atom. The van der Waals surface area contributed by atoms with Gasteiger partial charge in [0.15, 0.2) is 0 Å². The van der Waals surface area contributed by atoms with Gasteiger partial charge in [0, 0.05) is 5.92 Å². The molecule has 2 N–H and O–H groups in total. The van der Waals surface area contributed by atoms with E-state index >= 15 is 0 Å². The quantitative estimate of drug-likeness (QED) is 0.867. The third-order valence-corrected chi connectivity index (χ3v) is 3.17. The van der Waals surface area contributed by atoms with E-state index in [1.54, 1.807) is 6.07 Å². The second-order valence-electron chi connectivity index (χ2n) is 3.52. The highest BCUT2D eigenvalue weighted by molar-refractivity contribution is 9.10. The Morgan fingerprint density at radius 2 is 2.29 bits per heavy atom. The third-order valence-electron chi connectivity index (χ3n) is 2.53. The molecule has 1 fully saturated rings. The molecule has 0 unspecified atom stereocenters. The Kier molecular flexibility index (Phi) is 2.31. The first-order valence-electron chi connectivity index (χ1n) is 4.34. The van der Waals surface area contributed by atoms with Crippen LogP contribution < -0.4 is 5.73 Å². The number of hydrogen-bond acceptors (Lipinski definition) is 1. The largest absolute Gasteiger partial charge is 0.369 e. The first-order chi connectivity index (χ1) is 6.59. The molecule has 14 heavy (non-hydrogen) atoms. The number of carbonyl (C=O) groups is 1. The first kappa shape index (κ1) is 9.65. The van der Waals surface area contributed by atoms with E-state index < -0.39 is 0 Å². The Balaban J connectivity index is 2.20. The molecule has 0 radical (unpaired) electrons. The van der Waals surface area contributed by atoms with Crippen LogP contribution in [-0.2, 0) is 4.79 Å². The highest BCUT2D eigenvalue weighted by Gasteiger charge is 2.42. The van der Waals surface area contributed by atoms with Crippen molar-refractivity contribution >= 4 is 21.8 Å². The number of carbonyl (C=O) groups excluding carboxylic acids is 1. The summed E-state index contributed by atoms with van der Waals surface area (Å²) in [7, 11) is 0. The number of rotatable bonds is 2. The van der Waals surface area contributed by atoms with E-state index in [0.29, 0.717) is 4.47 Å². The average molecular weight is 258 g/mol. The van der Waals surface area contributed by atoms with Crippen molar-refractivity contribution in [3.05, 3.63) is 34.1 Å². The summed E-state index contributed by atoms with van der Waals surface area (Å²) in [6.07, 6.45) is 0.746. The molecule has 0 saturated heterocycles. The van der Waals surface area contributed by atoms with Crippen molar-refractivity contribution in [3.8, 4) is 0 Å². The Hall–Kier alpha value is -0.900. The lowest BCUT2D eigenvalue weighted by atomic mass is 10.1. The maximum Gasteiger partial charge on any atom is 0.221 e. The Labute approximate surface area is 89.4 Å². The summed E-state index contributed by atoms with van der Waals surface area (Å²) in [6.45, 7) is 0. The smallest absolute Gasteiger partial charge is 0.221 e. The van der Waals surface area contributed by atoms with Crippen LogP contribution in [0.2, 0.25) is 0 Å². The normalized spacial score (nSPS) is 24.7. The number of halogens is 2. The molecule has 1 saturated carbocycles.